The molecule has 0 aliphatic rings. The van der Waals surface area contributed by atoms with Crippen LogP contribution in [0.4, 0.5) is 0 Å². The summed E-state index contributed by atoms with van der Waals surface area (Å²) < 4.78 is 0. The third-order valence-electron chi connectivity index (χ3n) is 2.50. The zero-order valence-electron chi connectivity index (χ0n) is 10.9. The molecule has 0 rings (SSSR count). The van der Waals surface area contributed by atoms with Crippen molar-refractivity contribution < 1.29 is 49.4 Å². The first-order chi connectivity index (χ1) is 7.57. The van der Waals surface area contributed by atoms with Crippen LogP contribution < -0.4 is 29.6 Å². The van der Waals surface area contributed by atoms with E-state index < -0.39 is 11.9 Å². The number of carboxylic acid groups (broad SMARTS) is 2. The molecular formula is C12H21NaO4. The standard InChI is InChI=1S/C12H21O4.Na/c1-2-3-4-5-6-7-8-10(12(15)16)9-11(13)14;/h2-9H2,1H3,(H,13,14)(H,15,16);/q-1;+1. The average Bonchev–Trinajstić information content (AvgIpc) is 2.20. The van der Waals surface area contributed by atoms with Gasteiger partial charge in [-0.2, -0.15) is 6.42 Å². The van der Waals surface area contributed by atoms with Crippen molar-refractivity contribution in [2.75, 3.05) is 0 Å². The van der Waals surface area contributed by atoms with Crippen LogP contribution in [0.3, 0.4) is 0 Å². The largest absolute Gasteiger partial charge is 1.00 e. The van der Waals surface area contributed by atoms with E-state index in [1.807, 2.05) is 0 Å². The van der Waals surface area contributed by atoms with Crippen LogP contribution >= 0.6 is 0 Å². The summed E-state index contributed by atoms with van der Waals surface area (Å²) in [5.41, 5.74) is 0. The van der Waals surface area contributed by atoms with Gasteiger partial charge in [-0.3, -0.25) is 15.5 Å². The van der Waals surface area contributed by atoms with Gasteiger partial charge in [0, 0.05) is 0 Å². The molecule has 0 saturated heterocycles. The Labute approximate surface area is 125 Å². The summed E-state index contributed by atoms with van der Waals surface area (Å²) in [5.74, 6) is -2.03. The Hall–Kier alpha value is -0.190. The van der Waals surface area contributed by atoms with Gasteiger partial charge in [-0.15, -0.1) is 0 Å². The van der Waals surface area contributed by atoms with Crippen LogP contribution in [0.15, 0.2) is 0 Å². The van der Waals surface area contributed by atoms with Gasteiger partial charge in [0.2, 0.25) is 0 Å². The summed E-state index contributed by atoms with van der Waals surface area (Å²) in [6, 6.07) is 0. The van der Waals surface area contributed by atoms with E-state index in [2.05, 4.69) is 6.92 Å². The number of aliphatic carboxylic acids is 2. The van der Waals surface area contributed by atoms with E-state index in [1.165, 1.54) is 19.3 Å². The fraction of sp³-hybridized carbons (Fsp3) is 0.750. The Morgan fingerprint density at radius 2 is 1.53 bits per heavy atom. The molecule has 0 aliphatic heterocycles. The molecule has 0 fully saturated rings. The van der Waals surface area contributed by atoms with Crippen molar-refractivity contribution in [3.05, 3.63) is 5.92 Å². The molecule has 0 bridgehead atoms. The predicted octanol–water partition coefficient (Wildman–Crippen LogP) is -0.125. The van der Waals surface area contributed by atoms with Gasteiger partial charge in [-0.1, -0.05) is 51.9 Å². The van der Waals surface area contributed by atoms with E-state index in [0.717, 1.165) is 19.3 Å². The van der Waals surface area contributed by atoms with E-state index >= 15 is 0 Å². The van der Waals surface area contributed by atoms with Crippen molar-refractivity contribution >= 4 is 11.9 Å². The van der Waals surface area contributed by atoms with Gasteiger partial charge in [-0.25, -0.2) is 0 Å². The number of hydrogen-bond acceptors (Lipinski definition) is 2. The molecule has 5 heteroatoms. The van der Waals surface area contributed by atoms with Crippen LogP contribution in [0.5, 0.6) is 0 Å². The summed E-state index contributed by atoms with van der Waals surface area (Å²) in [6.07, 6.45) is 6.49. The van der Waals surface area contributed by atoms with Crippen molar-refractivity contribution in [3.8, 4) is 0 Å². The Morgan fingerprint density at radius 3 is 2.00 bits per heavy atom. The first-order valence-corrected chi connectivity index (χ1v) is 5.87. The molecule has 4 nitrogen and oxygen atoms in total. The zero-order valence-corrected chi connectivity index (χ0v) is 12.9. The van der Waals surface area contributed by atoms with Gasteiger partial charge in [-0.05, 0) is 0 Å². The number of unbranched alkanes of at least 4 members (excludes halogenated alkanes) is 5. The quantitative estimate of drug-likeness (QED) is 0.323. The number of hydrogen-bond donors (Lipinski definition) is 2. The molecule has 94 valence electrons. The number of carbonyl (C=O) groups is 2. The average molecular weight is 252 g/mol. The van der Waals surface area contributed by atoms with Crippen LogP contribution in [-0.2, 0) is 9.59 Å². The molecule has 0 aromatic heterocycles. The fourth-order valence-corrected chi connectivity index (χ4v) is 1.57. The predicted molar refractivity (Wildman–Crippen MR) is 61.1 cm³/mol. The second-order valence-corrected chi connectivity index (χ2v) is 4.00. The first-order valence-electron chi connectivity index (χ1n) is 5.87. The second-order valence-electron chi connectivity index (χ2n) is 4.00. The Balaban J connectivity index is 0. The van der Waals surface area contributed by atoms with Crippen molar-refractivity contribution in [2.45, 2.75) is 58.3 Å². The molecule has 0 aromatic rings. The zero-order chi connectivity index (χ0) is 12.4. The van der Waals surface area contributed by atoms with Gasteiger partial charge in [0.1, 0.15) is 0 Å². The maximum atomic E-state index is 10.7. The van der Waals surface area contributed by atoms with Gasteiger partial charge in [0.25, 0.3) is 5.97 Å². The maximum Gasteiger partial charge on any atom is 1.00 e. The van der Waals surface area contributed by atoms with E-state index in [-0.39, 0.29) is 41.9 Å². The Morgan fingerprint density at radius 1 is 1.00 bits per heavy atom. The Kier molecular flexibility index (Phi) is 13.8. The van der Waals surface area contributed by atoms with E-state index in [4.69, 9.17) is 10.2 Å². The first kappa shape index (κ1) is 19.2. The van der Waals surface area contributed by atoms with Crippen LogP contribution in [0, 0.1) is 5.92 Å². The van der Waals surface area contributed by atoms with Crippen LogP contribution in [-0.4, -0.2) is 22.2 Å². The molecule has 0 unspecified atom stereocenters. The molecule has 0 saturated carbocycles. The minimum Gasteiger partial charge on any atom is -0.503 e. The molecule has 0 aliphatic carbocycles. The maximum absolute atomic E-state index is 10.7. The van der Waals surface area contributed by atoms with Crippen LogP contribution in [0.2, 0.25) is 0 Å². The second kappa shape index (κ2) is 12.3. The molecule has 2 N–H and O–H groups in total. The van der Waals surface area contributed by atoms with Crippen LogP contribution in [0.1, 0.15) is 58.3 Å². The minimum absolute atomic E-state index is 0. The monoisotopic (exact) mass is 252 g/mol. The van der Waals surface area contributed by atoms with Gasteiger partial charge in [0.05, 0.1) is 0 Å². The molecule has 0 amide bonds. The molecule has 17 heavy (non-hydrogen) atoms. The van der Waals surface area contributed by atoms with Crippen molar-refractivity contribution in [1.82, 2.24) is 0 Å². The van der Waals surface area contributed by atoms with Crippen molar-refractivity contribution in [3.63, 3.8) is 0 Å². The van der Waals surface area contributed by atoms with Crippen molar-refractivity contribution in [1.29, 1.82) is 0 Å². The number of carboxylic acids is 2. The number of rotatable bonds is 10. The van der Waals surface area contributed by atoms with Gasteiger partial charge < -0.3 is 10.2 Å². The molecular weight excluding hydrogens is 231 g/mol. The summed E-state index contributed by atoms with van der Waals surface area (Å²) in [7, 11) is 0. The van der Waals surface area contributed by atoms with Gasteiger partial charge in [0.15, 0.2) is 5.97 Å². The minimum atomic E-state index is -1.07. The molecule has 0 radical (unpaired) electrons. The van der Waals surface area contributed by atoms with E-state index in [9.17, 15) is 9.59 Å². The third-order valence-corrected chi connectivity index (χ3v) is 2.50. The third kappa shape index (κ3) is 12.1. The Bertz CT molecular complexity index is 219. The normalized spacial score (nSPS) is 9.47. The SMILES string of the molecule is CCCCCCCC[C-](CC(=O)O)C(=O)O.[Na+]. The van der Waals surface area contributed by atoms with E-state index in [0.29, 0.717) is 6.42 Å². The topological polar surface area (TPSA) is 74.6 Å². The van der Waals surface area contributed by atoms with Crippen molar-refractivity contribution in [2.24, 2.45) is 0 Å². The molecule has 0 spiro atoms. The van der Waals surface area contributed by atoms with Gasteiger partial charge >= 0.3 is 29.6 Å². The summed E-state index contributed by atoms with van der Waals surface area (Å²) in [5, 5.41) is 17.3. The molecule has 0 aromatic carbocycles. The van der Waals surface area contributed by atoms with Crippen LogP contribution in [0.25, 0.3) is 0 Å². The van der Waals surface area contributed by atoms with E-state index in [1.54, 1.807) is 0 Å². The summed E-state index contributed by atoms with van der Waals surface area (Å²) in [4.78, 5) is 21.1. The summed E-state index contributed by atoms with van der Waals surface area (Å²) >= 11 is 0. The molecule has 0 heterocycles. The smallest absolute Gasteiger partial charge is 0.503 e. The fourth-order valence-electron chi connectivity index (χ4n) is 1.57. The molecule has 0 atom stereocenters. The summed E-state index contributed by atoms with van der Waals surface area (Å²) in [6.45, 7) is 2.14.